The normalized spacial score (nSPS) is 24.9. The maximum Gasteiger partial charge on any atom is 0.546 e. The first kappa shape index (κ1) is 9.89. The highest BCUT2D eigenvalue weighted by Crippen LogP contribution is 2.19. The third kappa shape index (κ3) is 1.77. The smallest absolute Gasteiger partial charge is 0.430 e. The molecule has 1 heterocycles. The number of hydrogen-bond donors (Lipinski definition) is 2. The van der Waals surface area contributed by atoms with Gasteiger partial charge in [0.2, 0.25) is 6.04 Å². The van der Waals surface area contributed by atoms with Crippen LogP contribution in [0, 0.1) is 11.6 Å². The van der Waals surface area contributed by atoms with Gasteiger partial charge in [-0.1, -0.05) is 0 Å². The highest BCUT2D eigenvalue weighted by atomic mass is 19.2. The second kappa shape index (κ2) is 3.49. The van der Waals surface area contributed by atoms with E-state index in [1.54, 1.807) is 6.92 Å². The highest BCUT2D eigenvalue weighted by molar-refractivity contribution is 5.58. The molecular formula is C10H10F2NO2+. The first-order chi connectivity index (χ1) is 7.08. The van der Waals surface area contributed by atoms with Gasteiger partial charge in [-0.05, 0) is 25.1 Å². The Morgan fingerprint density at radius 2 is 2.07 bits per heavy atom. The van der Waals surface area contributed by atoms with Crippen LogP contribution in [0.3, 0.4) is 0 Å². The molecule has 15 heavy (non-hydrogen) atoms. The van der Waals surface area contributed by atoms with E-state index < -0.39 is 11.6 Å². The summed E-state index contributed by atoms with van der Waals surface area (Å²) in [7, 11) is 0. The Kier molecular flexibility index (Phi) is 2.30. The number of ether oxygens (including phenoxy) is 1. The first-order valence-corrected chi connectivity index (χ1v) is 4.52. The Bertz CT molecular complexity index is 420. The molecule has 1 aromatic rings. The van der Waals surface area contributed by atoms with Crippen LogP contribution in [0.5, 0.6) is 0 Å². The zero-order valence-corrected chi connectivity index (χ0v) is 8.00. The van der Waals surface area contributed by atoms with Crippen LogP contribution >= 0.6 is 0 Å². The fourth-order valence-electron chi connectivity index (χ4n) is 1.59. The number of rotatable bonds is 1. The average Bonchev–Trinajstić information content (AvgIpc) is 2.50. The zero-order valence-electron chi connectivity index (χ0n) is 8.00. The molecule has 1 aromatic carbocycles. The fourth-order valence-corrected chi connectivity index (χ4v) is 1.59. The van der Waals surface area contributed by atoms with Crippen LogP contribution in [0.25, 0.3) is 0 Å². The van der Waals surface area contributed by atoms with E-state index in [9.17, 15) is 8.78 Å². The molecule has 2 N–H and O–H groups in total. The lowest BCUT2D eigenvalue weighted by molar-refractivity contribution is -0.509. The molecule has 3 nitrogen and oxygen atoms in total. The highest BCUT2D eigenvalue weighted by Gasteiger charge is 2.35. The number of aliphatic hydroxyl groups excluding tert-OH is 1. The van der Waals surface area contributed by atoms with Gasteiger partial charge in [0, 0.05) is 5.56 Å². The van der Waals surface area contributed by atoms with Crippen molar-refractivity contribution in [2.75, 3.05) is 0 Å². The van der Waals surface area contributed by atoms with Gasteiger partial charge in [-0.25, -0.2) is 8.78 Å². The van der Waals surface area contributed by atoms with Gasteiger partial charge in [0.1, 0.15) is 0 Å². The predicted molar refractivity (Wildman–Crippen MR) is 48.2 cm³/mol. The van der Waals surface area contributed by atoms with Gasteiger partial charge in [0.15, 0.2) is 17.7 Å². The van der Waals surface area contributed by atoms with Gasteiger partial charge in [-0.2, -0.15) is 4.99 Å². The molecule has 0 saturated carbocycles. The van der Waals surface area contributed by atoms with Crippen LogP contribution in [0.1, 0.15) is 18.5 Å². The van der Waals surface area contributed by atoms with Gasteiger partial charge in [-0.15, -0.1) is 0 Å². The molecule has 2 atom stereocenters. The molecule has 2 rings (SSSR count). The summed E-state index contributed by atoms with van der Waals surface area (Å²) in [5.74, 6) is -1.80. The van der Waals surface area contributed by atoms with E-state index in [4.69, 9.17) is 9.84 Å². The maximum absolute atomic E-state index is 12.9. The van der Waals surface area contributed by atoms with E-state index in [0.717, 1.165) is 12.1 Å². The molecule has 1 aliphatic heterocycles. The molecule has 0 bridgehead atoms. The summed E-state index contributed by atoms with van der Waals surface area (Å²) in [5, 5.41) is 9.07. The monoisotopic (exact) mass is 214 g/mol. The summed E-state index contributed by atoms with van der Waals surface area (Å²) < 4.78 is 30.6. The Labute approximate surface area is 85.0 Å². The van der Waals surface area contributed by atoms with Gasteiger partial charge in [-0.3, -0.25) is 0 Å². The fraction of sp³-hybridized carbons (Fsp3) is 0.300. The number of halogens is 2. The Morgan fingerprint density at radius 1 is 1.33 bits per heavy atom. The average molecular weight is 214 g/mol. The Morgan fingerprint density at radius 3 is 2.60 bits per heavy atom. The molecule has 0 amide bonds. The van der Waals surface area contributed by atoms with E-state index in [1.165, 1.54) is 6.07 Å². The number of benzene rings is 1. The molecule has 0 saturated heterocycles. The lowest BCUT2D eigenvalue weighted by Gasteiger charge is -2.07. The van der Waals surface area contributed by atoms with Crippen molar-refractivity contribution in [3.05, 3.63) is 35.4 Å². The largest absolute Gasteiger partial charge is 0.546 e. The van der Waals surface area contributed by atoms with E-state index in [2.05, 4.69) is 4.99 Å². The standard InChI is InChI=1S/C10H9F2NO2/c1-5-9(13-10(14)15-5)6-2-3-7(11)8(12)4-6/h2-5,9H,1H3,(H,13,14)/p+1/t5-,9?/m1/s1. The summed E-state index contributed by atoms with van der Waals surface area (Å²) in [6.07, 6.45) is -0.618. The van der Waals surface area contributed by atoms with Gasteiger partial charge >= 0.3 is 6.08 Å². The summed E-state index contributed by atoms with van der Waals surface area (Å²) in [4.78, 5) is 2.63. The predicted octanol–water partition coefficient (Wildman–Crippen LogP) is 0.419. The Balaban J connectivity index is 2.34. The van der Waals surface area contributed by atoms with E-state index in [-0.39, 0.29) is 18.2 Å². The minimum Gasteiger partial charge on any atom is -0.430 e. The topological polar surface area (TPSA) is 43.4 Å². The SMILES string of the molecule is C[C@H]1OC(O)=[NH+]C1c1ccc(F)c(F)c1. The Hall–Kier alpha value is -1.65. The molecule has 0 aliphatic carbocycles. The van der Waals surface area contributed by atoms with Crippen LogP contribution in [0.15, 0.2) is 18.2 Å². The van der Waals surface area contributed by atoms with E-state index >= 15 is 0 Å². The van der Waals surface area contributed by atoms with Crippen molar-refractivity contribution in [2.45, 2.75) is 19.1 Å². The van der Waals surface area contributed by atoms with Crippen molar-refractivity contribution in [1.29, 1.82) is 0 Å². The molecule has 1 aliphatic rings. The first-order valence-electron chi connectivity index (χ1n) is 4.52. The minimum atomic E-state index is -0.909. The van der Waals surface area contributed by atoms with Crippen molar-refractivity contribution in [3.63, 3.8) is 0 Å². The number of nitrogens with one attached hydrogen (secondary N) is 1. The molecule has 0 radical (unpaired) electrons. The minimum absolute atomic E-state index is 0.294. The molecule has 0 spiro atoms. The lowest BCUT2D eigenvalue weighted by atomic mass is 10.0. The quantitative estimate of drug-likeness (QED) is 0.711. The van der Waals surface area contributed by atoms with Gasteiger partial charge < -0.3 is 9.84 Å². The lowest BCUT2D eigenvalue weighted by Crippen LogP contribution is -2.72. The zero-order chi connectivity index (χ0) is 11.0. The van der Waals surface area contributed by atoms with E-state index in [0.29, 0.717) is 5.56 Å². The summed E-state index contributed by atoms with van der Waals surface area (Å²) in [6, 6.07) is 3.23. The molecule has 5 heteroatoms. The van der Waals surface area contributed by atoms with Crippen LogP contribution < -0.4 is 4.99 Å². The third-order valence-electron chi connectivity index (χ3n) is 2.35. The maximum atomic E-state index is 12.9. The van der Waals surface area contributed by atoms with Crippen molar-refractivity contribution in [2.24, 2.45) is 0 Å². The molecule has 80 valence electrons. The number of aliphatic hydroxyl groups is 1. The van der Waals surface area contributed by atoms with E-state index in [1.807, 2.05) is 0 Å². The van der Waals surface area contributed by atoms with Gasteiger partial charge in [0.25, 0.3) is 0 Å². The second-order valence-electron chi connectivity index (χ2n) is 3.42. The molecule has 0 fully saturated rings. The van der Waals surface area contributed by atoms with Crippen molar-refractivity contribution in [3.8, 4) is 0 Å². The summed E-state index contributed by atoms with van der Waals surface area (Å²) in [6.45, 7) is 1.72. The summed E-state index contributed by atoms with van der Waals surface area (Å²) in [5.41, 5.74) is 0.533. The molecule has 1 unspecified atom stereocenters. The van der Waals surface area contributed by atoms with Crippen molar-refractivity contribution >= 4 is 6.08 Å². The van der Waals surface area contributed by atoms with Crippen molar-refractivity contribution in [1.82, 2.24) is 0 Å². The number of hydrogen-bond acceptors (Lipinski definition) is 1. The van der Waals surface area contributed by atoms with Crippen LogP contribution in [0.4, 0.5) is 8.78 Å². The second-order valence-corrected chi connectivity index (χ2v) is 3.42. The van der Waals surface area contributed by atoms with Crippen LogP contribution in [-0.2, 0) is 4.74 Å². The molecule has 0 aromatic heterocycles. The molecular weight excluding hydrogens is 204 g/mol. The van der Waals surface area contributed by atoms with Crippen molar-refractivity contribution < 1.29 is 23.6 Å². The summed E-state index contributed by atoms with van der Waals surface area (Å²) >= 11 is 0. The van der Waals surface area contributed by atoms with Crippen LogP contribution in [-0.4, -0.2) is 17.3 Å². The van der Waals surface area contributed by atoms with Gasteiger partial charge in [0.05, 0.1) is 0 Å². The third-order valence-corrected chi connectivity index (χ3v) is 2.35. The van der Waals surface area contributed by atoms with Crippen LogP contribution in [0.2, 0.25) is 0 Å².